The maximum Gasteiger partial charge on any atom is 0.418 e. The van der Waals surface area contributed by atoms with Crippen molar-refractivity contribution in [1.82, 2.24) is 10.3 Å². The summed E-state index contributed by atoms with van der Waals surface area (Å²) in [5.41, 5.74) is -1.53. The van der Waals surface area contributed by atoms with E-state index in [0.717, 1.165) is 12.3 Å². The highest BCUT2D eigenvalue weighted by molar-refractivity contribution is 7.91. The maximum absolute atomic E-state index is 12.8. The van der Waals surface area contributed by atoms with Gasteiger partial charge in [-0.25, -0.2) is 8.42 Å². The zero-order valence-electron chi connectivity index (χ0n) is 12.3. The van der Waals surface area contributed by atoms with E-state index < -0.39 is 33.0 Å². The maximum atomic E-state index is 12.8. The number of halogens is 3. The van der Waals surface area contributed by atoms with Gasteiger partial charge in [-0.15, -0.1) is 0 Å². The molecule has 0 saturated carbocycles. The van der Waals surface area contributed by atoms with Crippen molar-refractivity contribution < 1.29 is 26.4 Å². The van der Waals surface area contributed by atoms with Crippen molar-refractivity contribution in [3.8, 4) is 0 Å². The summed E-state index contributed by atoms with van der Waals surface area (Å²) < 4.78 is 61.1. The standard InChI is InChI=1S/C14H17F3N2O3S/c15-14(16,17)12-9-18-5-2-11(12)13(20)19-6-1-10-3-7-23(21,22)8-4-10/h2,5,9-10H,1,3-4,6-8H2,(H,19,20). The van der Waals surface area contributed by atoms with Crippen molar-refractivity contribution in [2.45, 2.75) is 25.4 Å². The number of sulfone groups is 1. The zero-order chi connectivity index (χ0) is 17.1. The van der Waals surface area contributed by atoms with Gasteiger partial charge in [-0.1, -0.05) is 0 Å². The van der Waals surface area contributed by atoms with Crippen molar-refractivity contribution in [1.29, 1.82) is 0 Å². The molecule has 128 valence electrons. The molecule has 1 aromatic heterocycles. The summed E-state index contributed by atoms with van der Waals surface area (Å²) >= 11 is 0. The van der Waals surface area contributed by atoms with Gasteiger partial charge in [0.1, 0.15) is 9.84 Å². The van der Waals surface area contributed by atoms with E-state index in [-0.39, 0.29) is 24.0 Å². The van der Waals surface area contributed by atoms with Crippen LogP contribution in [0.4, 0.5) is 13.2 Å². The quantitative estimate of drug-likeness (QED) is 0.902. The molecule has 1 fully saturated rings. The van der Waals surface area contributed by atoms with Gasteiger partial charge in [0.2, 0.25) is 0 Å². The molecule has 0 spiro atoms. The first kappa shape index (κ1) is 17.7. The lowest BCUT2D eigenvalue weighted by molar-refractivity contribution is -0.138. The zero-order valence-corrected chi connectivity index (χ0v) is 13.1. The van der Waals surface area contributed by atoms with E-state index in [0.29, 0.717) is 25.5 Å². The van der Waals surface area contributed by atoms with Crippen LogP contribution >= 0.6 is 0 Å². The average Bonchev–Trinajstić information content (AvgIpc) is 2.48. The normalized spacial score (nSPS) is 18.6. The Hall–Kier alpha value is -1.64. The molecule has 0 aromatic carbocycles. The fourth-order valence-electron chi connectivity index (χ4n) is 2.53. The highest BCUT2D eigenvalue weighted by atomic mass is 32.2. The van der Waals surface area contributed by atoms with Crippen LogP contribution in [0.2, 0.25) is 0 Å². The summed E-state index contributed by atoms with van der Waals surface area (Å²) in [5, 5.41) is 2.46. The van der Waals surface area contributed by atoms with Crippen LogP contribution in [0.15, 0.2) is 18.5 Å². The molecule has 0 atom stereocenters. The minimum atomic E-state index is -4.64. The second-order valence-electron chi connectivity index (χ2n) is 5.56. The first-order valence-corrected chi connectivity index (χ1v) is 9.01. The number of hydrogen-bond donors (Lipinski definition) is 1. The lowest BCUT2D eigenvalue weighted by Crippen LogP contribution is -2.30. The Kier molecular flexibility index (Phi) is 5.28. The van der Waals surface area contributed by atoms with E-state index in [2.05, 4.69) is 10.3 Å². The molecule has 9 heteroatoms. The molecule has 2 rings (SSSR count). The molecule has 1 aliphatic rings. The van der Waals surface area contributed by atoms with Crippen molar-refractivity contribution in [3.63, 3.8) is 0 Å². The number of amides is 1. The third-order valence-corrected chi connectivity index (χ3v) is 5.60. The summed E-state index contributed by atoms with van der Waals surface area (Å²) in [4.78, 5) is 15.3. The summed E-state index contributed by atoms with van der Waals surface area (Å²) in [6.45, 7) is 0.211. The molecule has 1 amide bonds. The topological polar surface area (TPSA) is 76.1 Å². The van der Waals surface area contributed by atoms with Crippen molar-refractivity contribution in [2.75, 3.05) is 18.1 Å². The number of rotatable bonds is 4. The lowest BCUT2D eigenvalue weighted by atomic mass is 9.99. The van der Waals surface area contributed by atoms with Gasteiger partial charge in [0.25, 0.3) is 5.91 Å². The molecule has 2 heterocycles. The number of alkyl halides is 3. The number of nitrogens with one attached hydrogen (secondary N) is 1. The summed E-state index contributed by atoms with van der Waals surface area (Å²) in [6, 6.07) is 1.03. The average molecular weight is 350 g/mol. The summed E-state index contributed by atoms with van der Waals surface area (Å²) in [5.74, 6) is -0.371. The Morgan fingerprint density at radius 1 is 1.30 bits per heavy atom. The van der Waals surface area contributed by atoms with E-state index in [4.69, 9.17) is 0 Å². The summed E-state index contributed by atoms with van der Waals surface area (Å²) in [7, 11) is -2.94. The molecular weight excluding hydrogens is 333 g/mol. The van der Waals surface area contributed by atoms with Gasteiger partial charge in [0.05, 0.1) is 22.6 Å². The molecule has 1 N–H and O–H groups in total. The Balaban J connectivity index is 1.89. The Labute approximate surface area is 132 Å². The molecular formula is C14H17F3N2O3S. The van der Waals surface area contributed by atoms with Crippen LogP contribution in [0.25, 0.3) is 0 Å². The van der Waals surface area contributed by atoms with Gasteiger partial charge in [-0.05, 0) is 31.2 Å². The van der Waals surface area contributed by atoms with E-state index in [9.17, 15) is 26.4 Å². The fourth-order valence-corrected chi connectivity index (χ4v) is 4.12. The molecule has 0 radical (unpaired) electrons. The minimum absolute atomic E-state index is 0.133. The molecule has 1 aliphatic heterocycles. The van der Waals surface area contributed by atoms with Gasteiger partial charge in [0.15, 0.2) is 0 Å². The van der Waals surface area contributed by atoms with E-state index in [1.54, 1.807) is 0 Å². The first-order valence-electron chi connectivity index (χ1n) is 7.19. The third-order valence-electron chi connectivity index (χ3n) is 3.88. The third kappa shape index (κ3) is 4.92. The Morgan fingerprint density at radius 3 is 2.57 bits per heavy atom. The van der Waals surface area contributed by atoms with E-state index >= 15 is 0 Å². The number of carbonyl (C=O) groups excluding carboxylic acids is 1. The number of nitrogens with zero attached hydrogens (tertiary/aromatic N) is 1. The summed E-state index contributed by atoms with van der Waals surface area (Å²) in [6.07, 6.45) is -1.27. The van der Waals surface area contributed by atoms with Gasteiger partial charge < -0.3 is 5.32 Å². The lowest BCUT2D eigenvalue weighted by Gasteiger charge is -2.22. The fraction of sp³-hybridized carbons (Fsp3) is 0.571. The van der Waals surface area contributed by atoms with Gasteiger partial charge in [-0.3, -0.25) is 9.78 Å². The van der Waals surface area contributed by atoms with Crippen LogP contribution in [-0.2, 0) is 16.0 Å². The van der Waals surface area contributed by atoms with Crippen LogP contribution in [0.1, 0.15) is 35.2 Å². The molecule has 1 aromatic rings. The number of aromatic nitrogens is 1. The SMILES string of the molecule is O=C(NCCC1CCS(=O)(=O)CC1)c1ccncc1C(F)(F)F. The molecule has 0 aliphatic carbocycles. The molecule has 23 heavy (non-hydrogen) atoms. The predicted octanol–water partition coefficient (Wildman–Crippen LogP) is 2.05. The Bertz CT molecular complexity index is 660. The highest BCUT2D eigenvalue weighted by Gasteiger charge is 2.35. The van der Waals surface area contributed by atoms with Crippen molar-refractivity contribution in [3.05, 3.63) is 29.6 Å². The monoisotopic (exact) mass is 350 g/mol. The number of hydrogen-bond acceptors (Lipinski definition) is 4. The molecule has 1 saturated heterocycles. The molecule has 0 bridgehead atoms. The van der Waals surface area contributed by atoms with Crippen LogP contribution in [0.3, 0.4) is 0 Å². The highest BCUT2D eigenvalue weighted by Crippen LogP contribution is 2.31. The molecule has 5 nitrogen and oxygen atoms in total. The Morgan fingerprint density at radius 2 is 1.96 bits per heavy atom. The van der Waals surface area contributed by atoms with Crippen LogP contribution < -0.4 is 5.32 Å². The van der Waals surface area contributed by atoms with Crippen LogP contribution in [0.5, 0.6) is 0 Å². The van der Waals surface area contributed by atoms with E-state index in [1.807, 2.05) is 0 Å². The van der Waals surface area contributed by atoms with Crippen LogP contribution in [0, 0.1) is 5.92 Å². The second-order valence-corrected chi connectivity index (χ2v) is 7.86. The van der Waals surface area contributed by atoms with Gasteiger partial charge in [-0.2, -0.15) is 13.2 Å². The molecule has 0 unspecified atom stereocenters. The van der Waals surface area contributed by atoms with Crippen molar-refractivity contribution >= 4 is 15.7 Å². The largest absolute Gasteiger partial charge is 0.418 e. The second kappa shape index (κ2) is 6.86. The number of pyridine rings is 1. The van der Waals surface area contributed by atoms with Gasteiger partial charge in [0, 0.05) is 18.9 Å². The number of carbonyl (C=O) groups is 1. The van der Waals surface area contributed by atoms with Crippen molar-refractivity contribution in [2.24, 2.45) is 5.92 Å². The van der Waals surface area contributed by atoms with Gasteiger partial charge >= 0.3 is 6.18 Å². The smallest absolute Gasteiger partial charge is 0.352 e. The first-order chi connectivity index (χ1) is 10.7. The predicted molar refractivity (Wildman–Crippen MR) is 77.6 cm³/mol. The van der Waals surface area contributed by atoms with E-state index in [1.165, 1.54) is 0 Å². The van der Waals surface area contributed by atoms with Crippen LogP contribution in [-0.4, -0.2) is 37.4 Å². The minimum Gasteiger partial charge on any atom is -0.352 e.